The average Bonchev–Trinajstić information content (AvgIpc) is 2.60. The smallest absolute Gasteiger partial charge is 0.410 e. The Balaban J connectivity index is 2.01. The molecule has 0 aromatic carbocycles. The molecule has 26 heavy (non-hydrogen) atoms. The second-order valence-electron chi connectivity index (χ2n) is 7.20. The highest BCUT2D eigenvalue weighted by molar-refractivity contribution is 5.95. The minimum atomic E-state index is -1.02. The van der Waals surface area contributed by atoms with Crippen LogP contribution in [0.4, 0.5) is 4.79 Å². The number of rotatable bonds is 3. The quantitative estimate of drug-likeness (QED) is 0.885. The molecule has 0 unspecified atom stereocenters. The zero-order valence-electron chi connectivity index (χ0n) is 15.5. The van der Waals surface area contributed by atoms with Gasteiger partial charge in [0.2, 0.25) is 5.88 Å². The lowest BCUT2D eigenvalue weighted by Crippen LogP contribution is -2.55. The first-order chi connectivity index (χ1) is 12.2. The highest BCUT2D eigenvalue weighted by Crippen LogP contribution is 2.24. The summed E-state index contributed by atoms with van der Waals surface area (Å²) < 4.78 is 10.4. The summed E-state index contributed by atoms with van der Waals surface area (Å²) in [5.74, 6) is -0.0543. The highest BCUT2D eigenvalue weighted by atomic mass is 16.6. The van der Waals surface area contributed by atoms with Gasteiger partial charge in [0.15, 0.2) is 0 Å². The molecule has 0 aliphatic carbocycles. The summed E-state index contributed by atoms with van der Waals surface area (Å²) in [4.78, 5) is 30.2. The van der Waals surface area contributed by atoms with Crippen LogP contribution in [0.25, 0.3) is 0 Å². The zero-order chi connectivity index (χ0) is 19.4. The topological polar surface area (TPSA) is 105 Å². The van der Waals surface area contributed by atoms with Gasteiger partial charge in [0, 0.05) is 43.8 Å². The zero-order valence-corrected chi connectivity index (χ0v) is 15.5. The Bertz CT molecular complexity index is 713. The van der Waals surface area contributed by atoms with Crippen LogP contribution in [0.3, 0.4) is 0 Å². The molecule has 2 heterocycles. The van der Waals surface area contributed by atoms with Crippen LogP contribution in [0.1, 0.15) is 44.0 Å². The predicted molar refractivity (Wildman–Crippen MR) is 93.6 cm³/mol. The summed E-state index contributed by atoms with van der Waals surface area (Å²) in [7, 11) is 1.47. The van der Waals surface area contributed by atoms with E-state index in [9.17, 15) is 14.9 Å². The third-order valence-corrected chi connectivity index (χ3v) is 4.04. The van der Waals surface area contributed by atoms with E-state index in [0.29, 0.717) is 37.4 Å². The first kappa shape index (κ1) is 19.5. The number of hydrogen-bond acceptors (Lipinski definition) is 6. The van der Waals surface area contributed by atoms with Crippen molar-refractivity contribution in [3.63, 3.8) is 0 Å². The molecule has 8 heteroatoms. The Morgan fingerprint density at radius 2 is 2.00 bits per heavy atom. The molecule has 2 amide bonds. The lowest BCUT2D eigenvalue weighted by molar-refractivity contribution is 0.0176. The molecule has 0 saturated carbocycles. The van der Waals surface area contributed by atoms with Gasteiger partial charge in [-0.1, -0.05) is 0 Å². The van der Waals surface area contributed by atoms with E-state index >= 15 is 0 Å². The van der Waals surface area contributed by atoms with Gasteiger partial charge < -0.3 is 19.7 Å². The van der Waals surface area contributed by atoms with E-state index in [1.807, 2.05) is 0 Å². The van der Waals surface area contributed by atoms with E-state index in [-0.39, 0.29) is 5.91 Å². The van der Waals surface area contributed by atoms with Gasteiger partial charge in [0.1, 0.15) is 11.1 Å². The summed E-state index contributed by atoms with van der Waals surface area (Å²) in [5, 5.41) is 12.4. The molecular weight excluding hydrogens is 336 g/mol. The number of nitrogens with zero attached hydrogens (tertiary/aromatic N) is 3. The van der Waals surface area contributed by atoms with Crippen molar-refractivity contribution < 1.29 is 19.1 Å². The molecule has 8 nitrogen and oxygen atoms in total. The molecule has 2 rings (SSSR count). The van der Waals surface area contributed by atoms with Crippen LogP contribution in [0.5, 0.6) is 5.88 Å². The first-order valence-corrected chi connectivity index (χ1v) is 8.40. The molecule has 0 bridgehead atoms. The van der Waals surface area contributed by atoms with Crippen molar-refractivity contribution >= 4 is 12.0 Å². The van der Waals surface area contributed by atoms with Gasteiger partial charge in [-0.3, -0.25) is 4.79 Å². The number of aromatic nitrogens is 1. The summed E-state index contributed by atoms with van der Waals surface area (Å²) in [6, 6.07) is 5.26. The second-order valence-corrected chi connectivity index (χ2v) is 7.20. The summed E-state index contributed by atoms with van der Waals surface area (Å²) >= 11 is 0. The van der Waals surface area contributed by atoms with Gasteiger partial charge in [-0.15, -0.1) is 0 Å². The van der Waals surface area contributed by atoms with Gasteiger partial charge in [-0.25, -0.2) is 9.78 Å². The maximum atomic E-state index is 12.5. The largest absolute Gasteiger partial charge is 0.481 e. The number of ether oxygens (including phenoxy) is 2. The average molecular weight is 360 g/mol. The van der Waals surface area contributed by atoms with Crippen LogP contribution in [0.15, 0.2) is 18.3 Å². The van der Waals surface area contributed by atoms with Gasteiger partial charge in [0.05, 0.1) is 13.2 Å². The Morgan fingerprint density at radius 1 is 1.35 bits per heavy atom. The normalized spacial score (nSPS) is 16.3. The standard InChI is InChI=1S/C18H24N4O4/c1-17(2,3)26-16(24)22-9-6-18(12-19,7-10-22)21-15(23)13-5-8-20-14(11-13)25-4/h5,8,11H,6-7,9-10H2,1-4H3,(H,21,23). The molecule has 1 fully saturated rings. The van der Waals surface area contributed by atoms with Crippen molar-refractivity contribution in [2.75, 3.05) is 20.2 Å². The second kappa shape index (κ2) is 7.60. The molecule has 1 N–H and O–H groups in total. The number of piperidine rings is 1. The van der Waals surface area contributed by atoms with E-state index in [2.05, 4.69) is 16.4 Å². The number of carbonyl (C=O) groups is 2. The number of amides is 2. The maximum Gasteiger partial charge on any atom is 0.410 e. The van der Waals surface area contributed by atoms with Crippen LogP contribution in [0.2, 0.25) is 0 Å². The number of likely N-dealkylation sites (tertiary alicyclic amines) is 1. The number of nitriles is 1. The minimum Gasteiger partial charge on any atom is -0.481 e. The first-order valence-electron chi connectivity index (χ1n) is 8.40. The van der Waals surface area contributed by atoms with Crippen LogP contribution in [-0.2, 0) is 4.74 Å². The molecule has 0 radical (unpaired) electrons. The molecule has 1 aromatic heterocycles. The molecule has 0 spiro atoms. The van der Waals surface area contributed by atoms with Crippen molar-refractivity contribution in [3.05, 3.63) is 23.9 Å². The van der Waals surface area contributed by atoms with Crippen LogP contribution in [-0.4, -0.2) is 53.2 Å². The van der Waals surface area contributed by atoms with Crippen molar-refractivity contribution in [2.45, 2.75) is 44.8 Å². The van der Waals surface area contributed by atoms with Gasteiger partial charge >= 0.3 is 6.09 Å². The molecule has 1 saturated heterocycles. The van der Waals surface area contributed by atoms with Crippen LogP contribution >= 0.6 is 0 Å². The van der Waals surface area contributed by atoms with E-state index in [1.165, 1.54) is 19.4 Å². The van der Waals surface area contributed by atoms with Crippen molar-refractivity contribution in [1.82, 2.24) is 15.2 Å². The minimum absolute atomic E-state index is 0.323. The highest BCUT2D eigenvalue weighted by Gasteiger charge is 2.38. The lowest BCUT2D eigenvalue weighted by atomic mass is 9.88. The van der Waals surface area contributed by atoms with Crippen LogP contribution < -0.4 is 10.1 Å². The molecule has 1 aromatic rings. The molecule has 1 aliphatic rings. The molecule has 0 atom stereocenters. The summed E-state index contributed by atoms with van der Waals surface area (Å²) in [6.07, 6.45) is 1.72. The Morgan fingerprint density at radius 3 is 2.54 bits per heavy atom. The number of methoxy groups -OCH3 is 1. The fourth-order valence-electron chi connectivity index (χ4n) is 2.61. The van der Waals surface area contributed by atoms with Gasteiger partial charge in [-0.05, 0) is 26.8 Å². The van der Waals surface area contributed by atoms with E-state index in [0.717, 1.165) is 0 Å². The SMILES string of the molecule is COc1cc(C(=O)NC2(C#N)CCN(C(=O)OC(C)(C)C)CC2)ccn1. The summed E-state index contributed by atoms with van der Waals surface area (Å²) in [6.45, 7) is 6.08. The fourth-order valence-corrected chi connectivity index (χ4v) is 2.61. The third kappa shape index (κ3) is 4.85. The summed E-state index contributed by atoms with van der Waals surface area (Å²) in [5.41, 5.74) is -1.23. The number of carbonyl (C=O) groups excluding carboxylic acids is 2. The van der Waals surface area contributed by atoms with E-state index in [1.54, 1.807) is 31.7 Å². The third-order valence-electron chi connectivity index (χ3n) is 4.04. The molecular formula is C18H24N4O4. The maximum absolute atomic E-state index is 12.5. The molecule has 140 valence electrons. The van der Waals surface area contributed by atoms with Gasteiger partial charge in [0.25, 0.3) is 5.91 Å². The number of nitrogens with one attached hydrogen (secondary N) is 1. The van der Waals surface area contributed by atoms with Crippen LogP contribution in [0, 0.1) is 11.3 Å². The lowest BCUT2D eigenvalue weighted by Gasteiger charge is -2.38. The van der Waals surface area contributed by atoms with E-state index in [4.69, 9.17) is 9.47 Å². The van der Waals surface area contributed by atoms with Crippen molar-refractivity contribution in [3.8, 4) is 11.9 Å². The number of hydrogen-bond donors (Lipinski definition) is 1. The van der Waals surface area contributed by atoms with Crippen molar-refractivity contribution in [2.24, 2.45) is 0 Å². The number of pyridine rings is 1. The fraction of sp³-hybridized carbons (Fsp3) is 0.556. The molecule has 1 aliphatic heterocycles. The Hall–Kier alpha value is -2.82. The Labute approximate surface area is 153 Å². The van der Waals surface area contributed by atoms with E-state index < -0.39 is 17.2 Å². The predicted octanol–water partition coefficient (Wildman–Crippen LogP) is 2.11. The monoisotopic (exact) mass is 360 g/mol. The Kier molecular flexibility index (Phi) is 5.70. The van der Waals surface area contributed by atoms with Crippen molar-refractivity contribution in [1.29, 1.82) is 5.26 Å². The van der Waals surface area contributed by atoms with Gasteiger partial charge in [-0.2, -0.15) is 5.26 Å².